The Morgan fingerprint density at radius 2 is 2.21 bits per heavy atom. The fourth-order valence-electron chi connectivity index (χ4n) is 4.52. The molecule has 2 N–H and O–H groups in total. The number of benzene rings is 1. The van der Waals surface area contributed by atoms with Gasteiger partial charge in [-0.15, -0.1) is 0 Å². The fourth-order valence-corrected chi connectivity index (χ4v) is 4.52. The zero-order valence-corrected chi connectivity index (χ0v) is 11.9. The van der Waals surface area contributed by atoms with Crippen LogP contribution in [-0.4, -0.2) is 18.1 Å². The van der Waals surface area contributed by atoms with E-state index in [1.165, 1.54) is 48.9 Å². The molecule has 1 unspecified atom stereocenters. The molecule has 19 heavy (non-hydrogen) atoms. The van der Waals surface area contributed by atoms with Crippen molar-refractivity contribution in [2.75, 3.05) is 13.1 Å². The second-order valence-electron chi connectivity index (χ2n) is 6.64. The highest BCUT2D eigenvalue weighted by Crippen LogP contribution is 2.37. The first-order chi connectivity index (χ1) is 9.22. The van der Waals surface area contributed by atoms with Crippen molar-refractivity contribution in [2.24, 2.45) is 5.92 Å². The maximum Gasteiger partial charge on any atom is 0.136 e. The van der Waals surface area contributed by atoms with E-state index in [2.05, 4.69) is 43.1 Å². The predicted octanol–water partition coefficient (Wildman–Crippen LogP) is 2.25. The minimum Gasteiger partial charge on any atom is -0.353 e. The summed E-state index contributed by atoms with van der Waals surface area (Å²) in [5, 5.41) is 1.46. The smallest absolute Gasteiger partial charge is 0.136 e. The van der Waals surface area contributed by atoms with Gasteiger partial charge in [0.05, 0.1) is 18.8 Å². The van der Waals surface area contributed by atoms with Gasteiger partial charge < -0.3 is 9.88 Å². The molecular formula is C17H23N2+. The number of hydrogen-bond acceptors (Lipinski definition) is 0. The molecule has 1 aromatic carbocycles. The average Bonchev–Trinajstić information content (AvgIpc) is 2.96. The van der Waals surface area contributed by atoms with Crippen LogP contribution in [0.25, 0.3) is 10.9 Å². The van der Waals surface area contributed by atoms with Gasteiger partial charge in [-0.2, -0.15) is 0 Å². The van der Waals surface area contributed by atoms with Crippen LogP contribution in [0, 0.1) is 5.92 Å². The lowest BCUT2D eigenvalue weighted by atomic mass is 9.84. The summed E-state index contributed by atoms with van der Waals surface area (Å²) in [7, 11) is 0. The number of hydrogen-bond donors (Lipinski definition) is 2. The molecule has 0 radical (unpaired) electrons. The molecule has 0 bridgehead atoms. The molecule has 3 heterocycles. The van der Waals surface area contributed by atoms with Crippen molar-refractivity contribution >= 4 is 10.9 Å². The van der Waals surface area contributed by atoms with E-state index in [4.69, 9.17) is 0 Å². The molecule has 0 amide bonds. The van der Waals surface area contributed by atoms with Crippen molar-refractivity contribution in [3.63, 3.8) is 0 Å². The lowest BCUT2D eigenvalue weighted by molar-refractivity contribution is -0.948. The number of fused-ring (bicyclic) bond motifs is 5. The van der Waals surface area contributed by atoms with E-state index in [-0.39, 0.29) is 0 Å². The highest BCUT2D eigenvalue weighted by molar-refractivity contribution is 5.85. The Labute approximate surface area is 114 Å². The van der Waals surface area contributed by atoms with E-state index in [1.807, 2.05) is 0 Å². The highest BCUT2D eigenvalue weighted by atomic mass is 15.2. The fraction of sp³-hybridized carbons (Fsp3) is 0.529. The summed E-state index contributed by atoms with van der Waals surface area (Å²) in [6.07, 6.45) is 3.91. The number of H-pyrrole nitrogens is 1. The van der Waals surface area contributed by atoms with Gasteiger partial charge in [0, 0.05) is 29.7 Å². The number of aromatic nitrogens is 1. The van der Waals surface area contributed by atoms with Gasteiger partial charge in [0.25, 0.3) is 0 Å². The number of quaternary nitrogens is 1. The van der Waals surface area contributed by atoms with E-state index in [0.717, 1.165) is 5.92 Å². The number of rotatable bonds is 1. The third kappa shape index (κ3) is 1.47. The molecule has 2 aromatic rings. The van der Waals surface area contributed by atoms with Gasteiger partial charge >= 0.3 is 0 Å². The van der Waals surface area contributed by atoms with Crippen molar-refractivity contribution in [1.29, 1.82) is 0 Å². The normalized spacial score (nSPS) is 33.4. The summed E-state index contributed by atoms with van der Waals surface area (Å²) >= 11 is 0. The third-order valence-electron chi connectivity index (χ3n) is 5.63. The number of nitrogens with one attached hydrogen (secondary N) is 2. The maximum atomic E-state index is 3.75. The summed E-state index contributed by atoms with van der Waals surface area (Å²) in [6, 6.07) is 8.82. The van der Waals surface area contributed by atoms with Crippen molar-refractivity contribution in [3.8, 4) is 0 Å². The Morgan fingerprint density at radius 3 is 3.05 bits per heavy atom. The maximum absolute atomic E-state index is 3.75. The quantitative estimate of drug-likeness (QED) is 0.779. The molecule has 2 aliphatic heterocycles. The minimum absolute atomic E-state index is 0.327. The lowest BCUT2D eigenvalue weighted by Gasteiger charge is -2.36. The lowest BCUT2D eigenvalue weighted by Crippen LogP contribution is -3.17. The van der Waals surface area contributed by atoms with Gasteiger partial charge in [0.15, 0.2) is 0 Å². The van der Waals surface area contributed by atoms with Crippen LogP contribution in [0.1, 0.15) is 37.9 Å². The van der Waals surface area contributed by atoms with Crippen LogP contribution in [0.5, 0.6) is 0 Å². The molecule has 1 aromatic heterocycles. The molecule has 1 saturated heterocycles. The van der Waals surface area contributed by atoms with Crippen LogP contribution < -0.4 is 4.90 Å². The van der Waals surface area contributed by atoms with Crippen LogP contribution in [0.15, 0.2) is 24.3 Å². The Bertz CT molecular complexity index is 627. The molecular weight excluding hydrogens is 232 g/mol. The van der Waals surface area contributed by atoms with E-state index in [1.54, 1.807) is 10.5 Å². The Kier molecular flexibility index (Phi) is 2.34. The topological polar surface area (TPSA) is 20.2 Å². The summed E-state index contributed by atoms with van der Waals surface area (Å²) in [5.41, 5.74) is 4.78. The molecule has 0 saturated carbocycles. The molecule has 100 valence electrons. The van der Waals surface area contributed by atoms with Crippen LogP contribution in [-0.2, 0) is 12.0 Å². The minimum atomic E-state index is 0.327. The largest absolute Gasteiger partial charge is 0.353 e. The van der Waals surface area contributed by atoms with Gasteiger partial charge in [0.2, 0.25) is 0 Å². The van der Waals surface area contributed by atoms with Gasteiger partial charge in [-0.25, -0.2) is 0 Å². The zero-order valence-electron chi connectivity index (χ0n) is 11.9. The van der Waals surface area contributed by atoms with Crippen molar-refractivity contribution in [1.82, 2.24) is 4.98 Å². The highest BCUT2D eigenvalue weighted by Gasteiger charge is 2.50. The van der Waals surface area contributed by atoms with E-state index >= 15 is 0 Å². The zero-order chi connectivity index (χ0) is 13.0. The van der Waals surface area contributed by atoms with E-state index < -0.39 is 0 Å². The van der Waals surface area contributed by atoms with Gasteiger partial charge in [-0.3, -0.25) is 0 Å². The molecule has 2 aliphatic rings. The van der Waals surface area contributed by atoms with Crippen LogP contribution in [0.2, 0.25) is 0 Å². The van der Waals surface area contributed by atoms with Gasteiger partial charge in [-0.05, 0) is 25.0 Å². The van der Waals surface area contributed by atoms with E-state index in [0.29, 0.717) is 5.54 Å². The predicted molar refractivity (Wildman–Crippen MR) is 78.4 cm³/mol. The SMILES string of the molecule is CC[C@@H]1C[NH+]2CCc3c([nH]c4ccccc34)[C@@]2(C)C1. The molecule has 0 spiro atoms. The number of aromatic amines is 1. The monoisotopic (exact) mass is 255 g/mol. The van der Waals surface area contributed by atoms with Gasteiger partial charge in [0.1, 0.15) is 5.54 Å². The van der Waals surface area contributed by atoms with Crippen LogP contribution in [0.4, 0.5) is 0 Å². The first-order valence-corrected chi connectivity index (χ1v) is 7.67. The molecule has 2 nitrogen and oxygen atoms in total. The molecule has 1 fully saturated rings. The first-order valence-electron chi connectivity index (χ1n) is 7.67. The summed E-state index contributed by atoms with van der Waals surface area (Å²) in [4.78, 5) is 5.56. The van der Waals surface area contributed by atoms with E-state index in [9.17, 15) is 0 Å². The third-order valence-corrected chi connectivity index (χ3v) is 5.63. The van der Waals surface area contributed by atoms with Crippen molar-refractivity contribution in [2.45, 2.75) is 38.6 Å². The van der Waals surface area contributed by atoms with Crippen LogP contribution in [0.3, 0.4) is 0 Å². The second kappa shape index (κ2) is 3.86. The standard InChI is InChI=1S/C17H22N2/c1-3-12-10-17(2)16-14(8-9-19(17)11-12)13-6-4-5-7-15(13)18-16/h4-7,12,18H,3,8-11H2,1-2H3/p+1/t12-,17+/m0/s1. The summed E-state index contributed by atoms with van der Waals surface area (Å²) in [5.74, 6) is 0.900. The number of para-hydroxylation sites is 1. The molecule has 4 rings (SSSR count). The first kappa shape index (κ1) is 11.5. The summed E-state index contributed by atoms with van der Waals surface area (Å²) in [6.45, 7) is 7.49. The Morgan fingerprint density at radius 1 is 1.37 bits per heavy atom. The van der Waals surface area contributed by atoms with Gasteiger partial charge in [-0.1, -0.05) is 25.1 Å². The molecule has 2 heteroatoms. The Balaban J connectivity index is 1.90. The molecule has 3 atom stereocenters. The Hall–Kier alpha value is -1.28. The summed E-state index contributed by atoms with van der Waals surface area (Å²) < 4.78 is 0. The van der Waals surface area contributed by atoms with Crippen LogP contribution >= 0.6 is 0 Å². The average molecular weight is 255 g/mol. The molecule has 0 aliphatic carbocycles. The second-order valence-corrected chi connectivity index (χ2v) is 6.64. The van der Waals surface area contributed by atoms with Crippen molar-refractivity contribution < 1.29 is 4.90 Å². The van der Waals surface area contributed by atoms with Crippen molar-refractivity contribution in [3.05, 3.63) is 35.5 Å².